The molecule has 0 spiro atoms. The molecule has 1 aliphatic rings. The summed E-state index contributed by atoms with van der Waals surface area (Å²) in [7, 11) is 1.92. The van der Waals surface area contributed by atoms with Crippen LogP contribution in [0.2, 0.25) is 0 Å². The number of phenols is 1. The van der Waals surface area contributed by atoms with Gasteiger partial charge < -0.3 is 46.1 Å². The lowest BCUT2D eigenvalue weighted by Gasteiger charge is -2.38. The summed E-state index contributed by atoms with van der Waals surface area (Å²) in [5, 5.41) is 36.1. The van der Waals surface area contributed by atoms with Gasteiger partial charge in [0.15, 0.2) is 6.29 Å². The molecule has 0 aliphatic carbocycles. The van der Waals surface area contributed by atoms with E-state index in [9.17, 15) is 24.9 Å². The van der Waals surface area contributed by atoms with Crippen LogP contribution >= 0.6 is 0 Å². The van der Waals surface area contributed by atoms with E-state index in [0.29, 0.717) is 61.4 Å². The van der Waals surface area contributed by atoms with E-state index in [2.05, 4.69) is 10.6 Å². The van der Waals surface area contributed by atoms with Crippen LogP contribution in [-0.2, 0) is 25.7 Å². The molecule has 0 bridgehead atoms. The number of phenolic OH excluding ortho intramolecular Hbond substituents is 1. The van der Waals surface area contributed by atoms with Crippen LogP contribution in [0.15, 0.2) is 97.1 Å². The second-order valence-corrected chi connectivity index (χ2v) is 13.4. The number of aliphatic hydroxyl groups is 2. The number of anilines is 3. The molecule has 5 rings (SSSR count). The Balaban J connectivity index is 1.14. The van der Waals surface area contributed by atoms with E-state index >= 15 is 0 Å². The van der Waals surface area contributed by atoms with Gasteiger partial charge >= 0.3 is 0 Å². The fraction of sp³-hybridized carbons (Fsp3) is 0.366. The average Bonchev–Trinajstić information content (AvgIpc) is 3.14. The summed E-state index contributed by atoms with van der Waals surface area (Å²) in [6.45, 7) is 0.810. The van der Waals surface area contributed by atoms with Crippen LogP contribution in [0.4, 0.5) is 17.1 Å². The quantitative estimate of drug-likeness (QED) is 0.0523. The number of amides is 2. The van der Waals surface area contributed by atoms with E-state index in [0.717, 1.165) is 36.0 Å². The van der Waals surface area contributed by atoms with Gasteiger partial charge in [-0.1, -0.05) is 73.5 Å². The van der Waals surface area contributed by atoms with Crippen LogP contribution in [0.1, 0.15) is 85.7 Å². The van der Waals surface area contributed by atoms with Gasteiger partial charge in [-0.3, -0.25) is 9.59 Å². The number of likely N-dealkylation sites (N-methyl/N-ethyl adjacent to an activating group) is 1. The summed E-state index contributed by atoms with van der Waals surface area (Å²) < 4.78 is 13.0. The molecule has 276 valence electrons. The van der Waals surface area contributed by atoms with Crippen LogP contribution in [-0.4, -0.2) is 58.3 Å². The van der Waals surface area contributed by atoms with Crippen molar-refractivity contribution < 1.29 is 34.4 Å². The summed E-state index contributed by atoms with van der Waals surface area (Å²) in [5.74, 6) is -0.0615. The van der Waals surface area contributed by atoms with Gasteiger partial charge in [0.05, 0.1) is 36.3 Å². The molecule has 1 heterocycles. The number of carbonyl (C=O) groups excluding carboxylic acids is 2. The first-order valence-corrected chi connectivity index (χ1v) is 17.9. The van der Waals surface area contributed by atoms with Crippen LogP contribution < -0.4 is 16.4 Å². The number of aromatic hydroxyl groups is 1. The Morgan fingerprint density at radius 2 is 1.56 bits per heavy atom. The molecule has 11 nitrogen and oxygen atoms in total. The summed E-state index contributed by atoms with van der Waals surface area (Å²) in [6, 6.07) is 28.9. The van der Waals surface area contributed by atoms with Gasteiger partial charge in [-0.05, 0) is 73.0 Å². The van der Waals surface area contributed by atoms with Crippen molar-refractivity contribution in [3.05, 3.63) is 119 Å². The van der Waals surface area contributed by atoms with Crippen molar-refractivity contribution in [2.45, 2.75) is 76.2 Å². The average molecular weight is 711 g/mol. The Labute approximate surface area is 305 Å². The van der Waals surface area contributed by atoms with Gasteiger partial charge in [0.2, 0.25) is 11.8 Å². The number of aliphatic hydroxyl groups excluding tert-OH is 2. The molecule has 11 heteroatoms. The third-order valence-electron chi connectivity index (χ3n) is 9.10. The van der Waals surface area contributed by atoms with Crippen molar-refractivity contribution in [1.82, 2.24) is 4.90 Å². The number of para-hydroxylation sites is 2. The van der Waals surface area contributed by atoms with Crippen molar-refractivity contribution >= 4 is 28.9 Å². The molecule has 1 fully saturated rings. The van der Waals surface area contributed by atoms with Gasteiger partial charge in [0.25, 0.3) is 0 Å². The summed E-state index contributed by atoms with van der Waals surface area (Å²) >= 11 is 0. The lowest BCUT2D eigenvalue weighted by atomic mass is 9.99. The zero-order valence-corrected chi connectivity index (χ0v) is 29.6. The number of nitrogen functional groups attached to an aromatic ring is 1. The second-order valence-electron chi connectivity index (χ2n) is 13.4. The molecule has 7 N–H and O–H groups in total. The first kappa shape index (κ1) is 38.5. The van der Waals surface area contributed by atoms with Crippen molar-refractivity contribution in [2.24, 2.45) is 0 Å². The fourth-order valence-corrected chi connectivity index (χ4v) is 6.32. The molecule has 1 aliphatic heterocycles. The number of rotatable bonds is 17. The third kappa shape index (κ3) is 11.6. The van der Waals surface area contributed by atoms with E-state index in [1.165, 1.54) is 0 Å². The van der Waals surface area contributed by atoms with Crippen LogP contribution in [0.5, 0.6) is 5.75 Å². The minimum Gasteiger partial charge on any atom is -0.508 e. The van der Waals surface area contributed by atoms with Crippen molar-refractivity contribution in [2.75, 3.05) is 36.5 Å². The molecule has 1 saturated heterocycles. The van der Waals surface area contributed by atoms with Gasteiger partial charge in [0.1, 0.15) is 5.75 Å². The van der Waals surface area contributed by atoms with Gasteiger partial charge in [0, 0.05) is 43.6 Å². The Morgan fingerprint density at radius 3 is 2.27 bits per heavy atom. The first-order chi connectivity index (χ1) is 25.2. The maximum absolute atomic E-state index is 12.8. The monoisotopic (exact) mass is 710 g/mol. The van der Waals surface area contributed by atoms with E-state index in [1.807, 2.05) is 72.6 Å². The summed E-state index contributed by atoms with van der Waals surface area (Å²) in [5.41, 5.74) is 10.9. The Bertz CT molecular complexity index is 1750. The number of nitrogens with one attached hydrogen (secondary N) is 2. The minimum absolute atomic E-state index is 0.0465. The first-order valence-electron chi connectivity index (χ1n) is 17.9. The predicted octanol–water partition coefficient (Wildman–Crippen LogP) is 6.60. The van der Waals surface area contributed by atoms with E-state index in [1.54, 1.807) is 36.4 Å². The number of hydrogen-bond donors (Lipinski definition) is 6. The highest BCUT2D eigenvalue weighted by atomic mass is 16.7. The summed E-state index contributed by atoms with van der Waals surface area (Å²) in [6.07, 6.45) is 2.40. The molecule has 2 amide bonds. The summed E-state index contributed by atoms with van der Waals surface area (Å²) in [4.78, 5) is 27.1. The van der Waals surface area contributed by atoms with Crippen molar-refractivity contribution in [3.8, 4) is 5.75 Å². The number of carbonyl (C=O) groups is 2. The number of hydrogen-bond acceptors (Lipinski definition) is 9. The largest absolute Gasteiger partial charge is 0.508 e. The molecular formula is C41H50N4O7. The van der Waals surface area contributed by atoms with E-state index in [4.69, 9.17) is 15.2 Å². The highest BCUT2D eigenvalue weighted by Gasteiger charge is 2.33. The molecule has 0 aromatic heterocycles. The zero-order chi connectivity index (χ0) is 36.9. The maximum atomic E-state index is 12.8. The number of benzene rings is 4. The van der Waals surface area contributed by atoms with Crippen LogP contribution in [0.25, 0.3) is 0 Å². The minimum atomic E-state index is -0.790. The molecule has 0 radical (unpaired) electrons. The predicted molar refractivity (Wildman–Crippen MR) is 201 cm³/mol. The lowest BCUT2D eigenvalue weighted by molar-refractivity contribution is -0.252. The SMILES string of the molecule is CN(CC1CC(c2ccc(CO)cc2)OC(c2cccc(NC(=O)CCCCCCC(=O)Nc3ccccc3N)c2)O1)CC(O)c1cccc(O)c1. The van der Waals surface area contributed by atoms with Crippen molar-refractivity contribution in [1.29, 1.82) is 0 Å². The topological polar surface area (TPSA) is 167 Å². The van der Waals surface area contributed by atoms with Crippen LogP contribution in [0, 0.1) is 0 Å². The second kappa shape index (κ2) is 19.2. The highest BCUT2D eigenvalue weighted by molar-refractivity contribution is 5.93. The zero-order valence-electron chi connectivity index (χ0n) is 29.6. The molecule has 52 heavy (non-hydrogen) atoms. The Morgan fingerprint density at radius 1 is 0.846 bits per heavy atom. The standard InChI is InChI=1S/C41H50N4O7/c1-45(26-37(48)30-10-9-13-33(47)23-30)25-34-24-38(29-20-18-28(27-46)19-21-29)52-41(51-34)31-11-8-12-32(22-31)43-39(49)16-4-2-3-5-17-40(50)44-36-15-7-6-14-35(36)42/h6-15,18-23,34,37-38,41,46-48H,2-5,16-17,24-27,42H2,1H3,(H,43,49)(H,44,50). The molecule has 4 atom stereocenters. The van der Waals surface area contributed by atoms with Gasteiger partial charge in [-0.2, -0.15) is 0 Å². The van der Waals surface area contributed by atoms with E-state index < -0.39 is 12.4 Å². The number of ether oxygens (including phenoxy) is 2. The smallest absolute Gasteiger partial charge is 0.224 e. The normalized spacial score (nSPS) is 17.8. The van der Waals surface area contributed by atoms with Gasteiger partial charge in [-0.15, -0.1) is 0 Å². The van der Waals surface area contributed by atoms with Crippen LogP contribution in [0.3, 0.4) is 0 Å². The number of nitrogens with zero attached hydrogens (tertiary/aromatic N) is 1. The number of nitrogens with two attached hydrogens (primary N) is 1. The molecule has 4 aromatic rings. The third-order valence-corrected chi connectivity index (χ3v) is 9.10. The molecular weight excluding hydrogens is 660 g/mol. The Kier molecular flexibility index (Phi) is 14.2. The lowest BCUT2D eigenvalue weighted by Crippen LogP contribution is -2.39. The van der Waals surface area contributed by atoms with Crippen molar-refractivity contribution in [3.63, 3.8) is 0 Å². The van der Waals surface area contributed by atoms with E-state index in [-0.39, 0.29) is 36.4 Å². The number of unbranched alkanes of at least 4 members (excludes halogenated alkanes) is 3. The molecule has 4 aromatic carbocycles. The fourth-order valence-electron chi connectivity index (χ4n) is 6.32. The highest BCUT2D eigenvalue weighted by Crippen LogP contribution is 2.39. The molecule has 4 unspecified atom stereocenters. The van der Waals surface area contributed by atoms with Gasteiger partial charge in [-0.25, -0.2) is 0 Å². The molecule has 0 saturated carbocycles. The Hall–Kier alpha value is -4.78. The maximum Gasteiger partial charge on any atom is 0.224 e.